The Balaban J connectivity index is 1.59. The van der Waals surface area contributed by atoms with E-state index in [1.165, 1.54) is 13.0 Å². The topological polar surface area (TPSA) is 84.5 Å². The van der Waals surface area contributed by atoms with E-state index < -0.39 is 5.97 Å². The Labute approximate surface area is 178 Å². The molecule has 0 aromatic heterocycles. The first-order valence-electron chi connectivity index (χ1n) is 9.14. The van der Waals surface area contributed by atoms with Crippen molar-refractivity contribution < 1.29 is 19.1 Å². The van der Waals surface area contributed by atoms with E-state index in [-0.39, 0.29) is 18.2 Å². The van der Waals surface area contributed by atoms with Gasteiger partial charge in [0.2, 0.25) is 5.91 Å². The average Bonchev–Trinajstić information content (AvgIpc) is 2.71. The lowest BCUT2D eigenvalue weighted by Gasteiger charge is -2.09. The summed E-state index contributed by atoms with van der Waals surface area (Å²) in [5, 5.41) is 6.10. The maximum absolute atomic E-state index is 12.4. The van der Waals surface area contributed by atoms with Crippen LogP contribution >= 0.6 is 11.6 Å². The third-order valence-corrected chi connectivity index (χ3v) is 4.46. The first-order chi connectivity index (χ1) is 14.4. The van der Waals surface area contributed by atoms with Crippen molar-refractivity contribution in [3.63, 3.8) is 0 Å². The fraction of sp³-hybridized carbons (Fsp3) is 0.0870. The zero-order valence-corrected chi connectivity index (χ0v) is 16.9. The molecule has 0 bridgehead atoms. The number of anilines is 2. The fourth-order valence-corrected chi connectivity index (χ4v) is 2.93. The second-order valence-corrected chi connectivity index (χ2v) is 6.88. The van der Waals surface area contributed by atoms with E-state index in [9.17, 15) is 14.4 Å². The van der Waals surface area contributed by atoms with Crippen molar-refractivity contribution in [1.29, 1.82) is 0 Å². The molecule has 0 radical (unpaired) electrons. The predicted molar refractivity (Wildman–Crippen MR) is 116 cm³/mol. The van der Waals surface area contributed by atoms with Crippen LogP contribution in [0, 0.1) is 0 Å². The summed E-state index contributed by atoms with van der Waals surface area (Å²) in [6.07, 6.45) is 0.164. The van der Waals surface area contributed by atoms with Crippen molar-refractivity contribution in [2.24, 2.45) is 0 Å². The predicted octanol–water partition coefficient (Wildman–Crippen LogP) is 4.70. The molecule has 0 fully saturated rings. The van der Waals surface area contributed by atoms with Gasteiger partial charge < -0.3 is 15.4 Å². The zero-order valence-electron chi connectivity index (χ0n) is 16.1. The van der Waals surface area contributed by atoms with Gasteiger partial charge in [0.1, 0.15) is 5.75 Å². The van der Waals surface area contributed by atoms with E-state index in [0.29, 0.717) is 27.7 Å². The standard InChI is InChI=1S/C23H19ClN2O4/c1-15(27)30-20-7-4-6-17(13-20)23(29)26-19-11-9-18(10-12-19)25-22(28)14-16-5-2-3-8-21(16)24/h2-13H,14H2,1H3,(H,25,28)(H,26,29). The fourth-order valence-electron chi connectivity index (χ4n) is 2.73. The minimum atomic E-state index is -0.459. The molecule has 0 spiro atoms. The second-order valence-electron chi connectivity index (χ2n) is 6.47. The Bertz CT molecular complexity index is 1080. The summed E-state index contributed by atoms with van der Waals surface area (Å²) in [5.74, 6) is -0.701. The van der Waals surface area contributed by atoms with Crippen LogP contribution in [0.2, 0.25) is 5.02 Å². The maximum Gasteiger partial charge on any atom is 0.308 e. The number of halogens is 1. The molecule has 30 heavy (non-hydrogen) atoms. The van der Waals surface area contributed by atoms with Gasteiger partial charge in [0.15, 0.2) is 0 Å². The third-order valence-electron chi connectivity index (χ3n) is 4.09. The molecular weight excluding hydrogens is 404 g/mol. The van der Waals surface area contributed by atoms with E-state index in [1.807, 2.05) is 12.1 Å². The normalized spacial score (nSPS) is 10.2. The van der Waals surface area contributed by atoms with Crippen molar-refractivity contribution in [3.8, 4) is 5.75 Å². The first-order valence-corrected chi connectivity index (χ1v) is 9.51. The van der Waals surface area contributed by atoms with Crippen LogP contribution in [0.3, 0.4) is 0 Å². The summed E-state index contributed by atoms with van der Waals surface area (Å²) in [7, 11) is 0. The highest BCUT2D eigenvalue weighted by atomic mass is 35.5. The molecule has 0 atom stereocenters. The number of carbonyl (C=O) groups excluding carboxylic acids is 3. The van der Waals surface area contributed by atoms with Gasteiger partial charge in [0.25, 0.3) is 5.91 Å². The lowest BCUT2D eigenvalue weighted by molar-refractivity contribution is -0.131. The van der Waals surface area contributed by atoms with Crippen LogP contribution in [0.4, 0.5) is 11.4 Å². The highest BCUT2D eigenvalue weighted by Crippen LogP contribution is 2.19. The Hall–Kier alpha value is -3.64. The summed E-state index contributed by atoms with van der Waals surface area (Å²) in [5.41, 5.74) is 2.26. The van der Waals surface area contributed by atoms with E-state index in [4.69, 9.17) is 16.3 Å². The van der Waals surface area contributed by atoms with Crippen LogP contribution in [0.15, 0.2) is 72.8 Å². The highest BCUT2D eigenvalue weighted by molar-refractivity contribution is 6.31. The minimum absolute atomic E-state index is 0.164. The summed E-state index contributed by atoms with van der Waals surface area (Å²) < 4.78 is 4.99. The molecule has 0 aliphatic heterocycles. The van der Waals surface area contributed by atoms with Gasteiger partial charge in [0, 0.05) is 28.9 Å². The summed E-state index contributed by atoms with van der Waals surface area (Å²) in [4.78, 5) is 35.7. The monoisotopic (exact) mass is 422 g/mol. The number of amides is 2. The molecular formula is C23H19ClN2O4. The van der Waals surface area contributed by atoms with Crippen LogP contribution in [-0.4, -0.2) is 17.8 Å². The van der Waals surface area contributed by atoms with E-state index in [1.54, 1.807) is 54.6 Å². The van der Waals surface area contributed by atoms with Gasteiger partial charge >= 0.3 is 5.97 Å². The molecule has 6 nitrogen and oxygen atoms in total. The van der Waals surface area contributed by atoms with Crippen molar-refractivity contribution >= 4 is 40.8 Å². The van der Waals surface area contributed by atoms with Gasteiger partial charge in [0.05, 0.1) is 6.42 Å². The molecule has 7 heteroatoms. The zero-order chi connectivity index (χ0) is 21.5. The van der Waals surface area contributed by atoms with Crippen molar-refractivity contribution in [2.45, 2.75) is 13.3 Å². The number of hydrogen-bond acceptors (Lipinski definition) is 4. The van der Waals surface area contributed by atoms with Gasteiger partial charge in [-0.3, -0.25) is 14.4 Å². The quantitative estimate of drug-likeness (QED) is 0.445. The van der Waals surface area contributed by atoms with Crippen molar-refractivity contribution in [2.75, 3.05) is 10.6 Å². The summed E-state index contributed by atoms with van der Waals surface area (Å²) in [6.45, 7) is 1.29. The number of hydrogen-bond donors (Lipinski definition) is 2. The number of ether oxygens (including phenoxy) is 1. The Morgan fingerprint density at radius 2 is 1.53 bits per heavy atom. The maximum atomic E-state index is 12.4. The molecule has 0 aliphatic rings. The molecule has 2 N–H and O–H groups in total. The molecule has 0 unspecified atom stereocenters. The van der Waals surface area contributed by atoms with E-state index >= 15 is 0 Å². The van der Waals surface area contributed by atoms with Crippen LogP contribution < -0.4 is 15.4 Å². The third kappa shape index (κ3) is 5.93. The van der Waals surface area contributed by atoms with Gasteiger partial charge in [-0.25, -0.2) is 0 Å². The molecule has 3 rings (SSSR count). The van der Waals surface area contributed by atoms with E-state index in [0.717, 1.165) is 5.56 Å². The molecule has 0 aliphatic carbocycles. The number of benzene rings is 3. The Morgan fingerprint density at radius 1 is 0.867 bits per heavy atom. The average molecular weight is 423 g/mol. The first kappa shape index (κ1) is 21.1. The Morgan fingerprint density at radius 3 is 2.20 bits per heavy atom. The Kier molecular flexibility index (Phi) is 6.83. The van der Waals surface area contributed by atoms with Gasteiger partial charge in [-0.15, -0.1) is 0 Å². The molecule has 0 heterocycles. The number of nitrogens with one attached hydrogen (secondary N) is 2. The largest absolute Gasteiger partial charge is 0.427 e. The highest BCUT2D eigenvalue weighted by Gasteiger charge is 2.10. The lowest BCUT2D eigenvalue weighted by Crippen LogP contribution is -2.15. The van der Waals surface area contributed by atoms with Gasteiger partial charge in [-0.1, -0.05) is 35.9 Å². The lowest BCUT2D eigenvalue weighted by atomic mass is 10.1. The van der Waals surface area contributed by atoms with Crippen LogP contribution in [0.25, 0.3) is 0 Å². The SMILES string of the molecule is CC(=O)Oc1cccc(C(=O)Nc2ccc(NC(=O)Cc3ccccc3Cl)cc2)c1. The molecule has 3 aromatic carbocycles. The number of esters is 1. The van der Waals surface area contributed by atoms with Crippen molar-refractivity contribution in [3.05, 3.63) is 88.9 Å². The molecule has 0 saturated heterocycles. The molecule has 152 valence electrons. The molecule has 0 saturated carbocycles. The van der Waals surface area contributed by atoms with Gasteiger partial charge in [-0.05, 0) is 54.1 Å². The van der Waals surface area contributed by atoms with Crippen LogP contribution in [0.1, 0.15) is 22.8 Å². The molecule has 3 aromatic rings. The number of rotatable bonds is 6. The number of carbonyl (C=O) groups is 3. The summed E-state index contributed by atoms with van der Waals surface area (Å²) in [6, 6.07) is 20.2. The van der Waals surface area contributed by atoms with E-state index in [2.05, 4.69) is 10.6 Å². The van der Waals surface area contributed by atoms with Gasteiger partial charge in [-0.2, -0.15) is 0 Å². The molecule has 2 amide bonds. The second kappa shape index (κ2) is 9.71. The minimum Gasteiger partial charge on any atom is -0.427 e. The van der Waals surface area contributed by atoms with Crippen molar-refractivity contribution in [1.82, 2.24) is 0 Å². The van der Waals surface area contributed by atoms with Crippen LogP contribution in [0.5, 0.6) is 5.75 Å². The smallest absolute Gasteiger partial charge is 0.308 e. The van der Waals surface area contributed by atoms with Crippen LogP contribution in [-0.2, 0) is 16.0 Å². The summed E-state index contributed by atoms with van der Waals surface area (Å²) >= 11 is 6.08.